The van der Waals surface area contributed by atoms with Crippen LogP contribution in [0.4, 0.5) is 9.80 Å². The smallest absolute Gasteiger partial charge is 0.412 e. The lowest BCUT2D eigenvalue weighted by molar-refractivity contribution is 0.155. The Morgan fingerprint density at radius 3 is 2.64 bits per heavy atom. The normalized spacial score (nSPS) is 11.0. The maximum absolute atomic E-state index is 12.4. The molecule has 142 valence electrons. The van der Waals surface area contributed by atoms with Crippen molar-refractivity contribution in [1.82, 2.24) is 9.55 Å². The zero-order valence-corrected chi connectivity index (χ0v) is 17.8. The second-order valence-electron chi connectivity index (χ2n) is 6.46. The van der Waals surface area contributed by atoms with Crippen LogP contribution in [0.15, 0.2) is 59.3 Å². The fraction of sp³-hybridized carbons (Fsp3) is 0.143. The minimum absolute atomic E-state index is 0.208. The van der Waals surface area contributed by atoms with Crippen LogP contribution in [0.25, 0.3) is 15.9 Å². The number of ether oxygens (including phenoxy) is 1. The van der Waals surface area contributed by atoms with Crippen LogP contribution in [-0.4, -0.2) is 15.6 Å². The van der Waals surface area contributed by atoms with Crippen molar-refractivity contribution in [1.29, 1.82) is 0 Å². The van der Waals surface area contributed by atoms with Gasteiger partial charge in [0.2, 0.25) is 0 Å². The highest BCUT2D eigenvalue weighted by molar-refractivity contribution is 9.10. The number of amides is 1. The molecule has 1 amide bonds. The quantitative estimate of drug-likeness (QED) is 0.397. The summed E-state index contributed by atoms with van der Waals surface area (Å²) >= 11 is 4.85. The molecule has 0 bridgehead atoms. The Morgan fingerprint density at radius 1 is 1.21 bits per heavy atom. The predicted octanol–water partition coefficient (Wildman–Crippen LogP) is 6.22. The van der Waals surface area contributed by atoms with Gasteiger partial charge in [-0.15, -0.1) is 0 Å². The van der Waals surface area contributed by atoms with Gasteiger partial charge in [-0.05, 0) is 55.3 Å². The Kier molecular flexibility index (Phi) is 5.19. The van der Waals surface area contributed by atoms with Crippen LogP contribution in [-0.2, 0) is 11.3 Å². The topological polar surface area (TPSA) is 56.2 Å². The number of carbonyl (C=O) groups is 1. The van der Waals surface area contributed by atoms with E-state index in [1.54, 1.807) is 0 Å². The van der Waals surface area contributed by atoms with Gasteiger partial charge in [-0.3, -0.25) is 5.32 Å². The molecule has 0 atom stereocenters. The highest BCUT2D eigenvalue weighted by Crippen LogP contribution is 2.39. The number of nitrogens with one attached hydrogen (secondary N) is 1. The van der Waals surface area contributed by atoms with Crippen molar-refractivity contribution in [2.24, 2.45) is 0 Å². The van der Waals surface area contributed by atoms with Gasteiger partial charge in [-0.2, -0.15) is 0 Å². The number of benzene rings is 1. The van der Waals surface area contributed by atoms with E-state index < -0.39 is 6.09 Å². The summed E-state index contributed by atoms with van der Waals surface area (Å²) in [4.78, 5) is 18.0. The van der Waals surface area contributed by atoms with Gasteiger partial charge in [-0.1, -0.05) is 39.4 Å². The molecule has 7 heteroatoms. The summed E-state index contributed by atoms with van der Waals surface area (Å²) in [6.07, 6.45) is 3.43. The monoisotopic (exact) mass is 455 g/mol. The molecule has 3 aromatic heterocycles. The Morgan fingerprint density at radius 2 is 1.93 bits per heavy atom. The molecule has 4 rings (SSSR count). The standard InChI is InChI=1S/C21H18BrN3O2S/c1-13-11-14(2)23-19-17(13)18(25-9-3-4-10-25)20(28-19)24-21(26)27-12-15-5-7-16(22)8-6-15/h3-11H,12H2,1-2H3,(H,24,26). The zero-order chi connectivity index (χ0) is 19.7. The average molecular weight is 456 g/mol. The van der Waals surface area contributed by atoms with E-state index in [1.165, 1.54) is 11.3 Å². The van der Waals surface area contributed by atoms with Crippen LogP contribution < -0.4 is 5.32 Å². The summed E-state index contributed by atoms with van der Waals surface area (Å²) < 4.78 is 8.39. The number of thiophene rings is 1. The third-order valence-corrected chi connectivity index (χ3v) is 5.84. The zero-order valence-electron chi connectivity index (χ0n) is 15.4. The van der Waals surface area contributed by atoms with Crippen molar-refractivity contribution < 1.29 is 9.53 Å². The van der Waals surface area contributed by atoms with E-state index in [2.05, 4.69) is 39.2 Å². The molecule has 0 aliphatic heterocycles. The molecule has 0 spiro atoms. The van der Waals surface area contributed by atoms with Crippen molar-refractivity contribution in [3.63, 3.8) is 0 Å². The van der Waals surface area contributed by atoms with Crippen LogP contribution in [0.1, 0.15) is 16.8 Å². The van der Waals surface area contributed by atoms with Crippen molar-refractivity contribution in [3.05, 3.63) is 76.2 Å². The molecular formula is C21H18BrN3O2S. The lowest BCUT2D eigenvalue weighted by Crippen LogP contribution is -2.13. The minimum Gasteiger partial charge on any atom is -0.444 e. The number of anilines is 1. The van der Waals surface area contributed by atoms with Crippen LogP contribution in [0.3, 0.4) is 0 Å². The summed E-state index contributed by atoms with van der Waals surface area (Å²) in [6.45, 7) is 4.24. The molecule has 5 nitrogen and oxygen atoms in total. The maximum atomic E-state index is 12.4. The molecule has 1 aromatic carbocycles. The molecule has 0 saturated heterocycles. The van der Waals surface area contributed by atoms with E-state index >= 15 is 0 Å². The molecule has 28 heavy (non-hydrogen) atoms. The number of rotatable bonds is 4. The summed E-state index contributed by atoms with van der Waals surface area (Å²) in [5, 5.41) is 4.66. The second-order valence-corrected chi connectivity index (χ2v) is 8.37. The second kappa shape index (κ2) is 7.77. The fourth-order valence-electron chi connectivity index (χ4n) is 3.10. The van der Waals surface area contributed by atoms with Gasteiger partial charge < -0.3 is 9.30 Å². The summed E-state index contributed by atoms with van der Waals surface area (Å²) in [5.74, 6) is 0. The molecule has 1 N–H and O–H groups in total. The lowest BCUT2D eigenvalue weighted by Gasteiger charge is -2.10. The van der Waals surface area contributed by atoms with Crippen molar-refractivity contribution in [2.45, 2.75) is 20.5 Å². The first-order valence-corrected chi connectivity index (χ1v) is 10.3. The van der Waals surface area contributed by atoms with Crippen molar-refractivity contribution >= 4 is 48.6 Å². The van der Waals surface area contributed by atoms with Crippen molar-refractivity contribution in [3.8, 4) is 5.69 Å². The summed E-state index contributed by atoms with van der Waals surface area (Å²) in [6, 6.07) is 13.6. The number of hydrogen-bond donors (Lipinski definition) is 1. The van der Waals surface area contributed by atoms with E-state index in [-0.39, 0.29) is 6.61 Å². The summed E-state index contributed by atoms with van der Waals surface area (Å²) in [7, 11) is 0. The number of hydrogen-bond acceptors (Lipinski definition) is 4. The van der Waals surface area contributed by atoms with Crippen molar-refractivity contribution in [2.75, 3.05) is 5.32 Å². The molecule has 3 heterocycles. The van der Waals surface area contributed by atoms with Gasteiger partial charge in [0, 0.05) is 27.9 Å². The van der Waals surface area contributed by atoms with Crippen LogP contribution in [0.2, 0.25) is 0 Å². The SMILES string of the molecule is Cc1cc(C)c2c(-n3cccc3)c(NC(=O)OCc3ccc(Br)cc3)sc2n1. The first kappa shape index (κ1) is 18.7. The number of pyridine rings is 1. The number of nitrogens with zero attached hydrogens (tertiary/aromatic N) is 2. The molecule has 0 aliphatic carbocycles. The molecule has 4 aromatic rings. The van der Waals surface area contributed by atoms with Gasteiger partial charge in [0.05, 0.1) is 5.69 Å². The van der Waals surface area contributed by atoms with Gasteiger partial charge in [0.25, 0.3) is 0 Å². The first-order valence-electron chi connectivity index (χ1n) is 8.73. The van der Waals surface area contributed by atoms with Gasteiger partial charge in [0.15, 0.2) is 0 Å². The number of aryl methyl sites for hydroxylation is 2. The lowest BCUT2D eigenvalue weighted by atomic mass is 10.1. The average Bonchev–Trinajstić information content (AvgIpc) is 3.28. The number of fused-ring (bicyclic) bond motifs is 1. The van der Waals surface area contributed by atoms with Gasteiger partial charge in [0.1, 0.15) is 16.4 Å². The number of carbonyl (C=O) groups excluding carboxylic acids is 1. The Bertz CT molecular complexity index is 1130. The molecular weight excluding hydrogens is 438 g/mol. The van der Waals surface area contributed by atoms with E-state index in [0.717, 1.165) is 37.2 Å². The minimum atomic E-state index is -0.489. The van der Waals surface area contributed by atoms with E-state index in [4.69, 9.17) is 4.74 Å². The molecule has 0 radical (unpaired) electrons. The maximum Gasteiger partial charge on any atom is 0.412 e. The molecule has 0 saturated carbocycles. The first-order chi connectivity index (χ1) is 13.5. The molecule has 0 aliphatic rings. The third kappa shape index (κ3) is 3.81. The largest absolute Gasteiger partial charge is 0.444 e. The Labute approximate surface area is 175 Å². The third-order valence-electron chi connectivity index (χ3n) is 4.32. The van der Waals surface area contributed by atoms with Crippen LogP contribution >= 0.6 is 27.3 Å². The van der Waals surface area contributed by atoms with E-state index in [9.17, 15) is 4.79 Å². The number of halogens is 1. The Balaban J connectivity index is 1.62. The van der Waals surface area contributed by atoms with Crippen LogP contribution in [0.5, 0.6) is 0 Å². The van der Waals surface area contributed by atoms with E-state index in [0.29, 0.717) is 5.00 Å². The number of aromatic nitrogens is 2. The Hall–Kier alpha value is -2.64. The fourth-order valence-corrected chi connectivity index (χ4v) is 4.54. The predicted molar refractivity (Wildman–Crippen MR) is 116 cm³/mol. The summed E-state index contributed by atoms with van der Waals surface area (Å²) in [5.41, 5.74) is 3.91. The highest BCUT2D eigenvalue weighted by Gasteiger charge is 2.19. The molecule has 0 fully saturated rings. The highest BCUT2D eigenvalue weighted by atomic mass is 79.9. The molecule has 0 unspecified atom stereocenters. The van der Waals surface area contributed by atoms with Gasteiger partial charge >= 0.3 is 6.09 Å². The van der Waals surface area contributed by atoms with E-state index in [1.807, 2.05) is 60.3 Å². The van der Waals surface area contributed by atoms with Crippen LogP contribution in [0, 0.1) is 13.8 Å². The van der Waals surface area contributed by atoms with Gasteiger partial charge in [-0.25, -0.2) is 9.78 Å².